The van der Waals surface area contributed by atoms with Crippen LogP contribution in [0.15, 0.2) is 24.3 Å². The van der Waals surface area contributed by atoms with Crippen molar-refractivity contribution in [3.05, 3.63) is 24.3 Å². The number of anilines is 1. The van der Waals surface area contributed by atoms with Gasteiger partial charge in [-0.2, -0.15) is 0 Å². The lowest BCUT2D eigenvalue weighted by Gasteiger charge is -2.46. The molecule has 94 valence electrons. The maximum atomic E-state index is 6.06. The summed E-state index contributed by atoms with van der Waals surface area (Å²) in [5.74, 6) is 0.910. The molecule has 1 fully saturated rings. The molecule has 3 nitrogen and oxygen atoms in total. The summed E-state index contributed by atoms with van der Waals surface area (Å²) < 4.78 is 5.28. The quantitative estimate of drug-likeness (QED) is 0.854. The molecule has 0 bridgehead atoms. The summed E-state index contributed by atoms with van der Waals surface area (Å²) in [6, 6.07) is 8.58. The van der Waals surface area contributed by atoms with Gasteiger partial charge in [-0.1, -0.05) is 6.07 Å². The maximum absolute atomic E-state index is 6.06. The molecule has 1 atom stereocenters. The van der Waals surface area contributed by atoms with Gasteiger partial charge in [-0.25, -0.2) is 0 Å². The highest BCUT2D eigenvalue weighted by Crippen LogP contribution is 2.33. The van der Waals surface area contributed by atoms with Crippen molar-refractivity contribution < 1.29 is 4.74 Å². The first-order chi connectivity index (χ1) is 8.03. The zero-order chi connectivity index (χ0) is 12.5. The van der Waals surface area contributed by atoms with Crippen LogP contribution in [0, 0.1) is 0 Å². The van der Waals surface area contributed by atoms with Crippen LogP contribution in [0.5, 0.6) is 5.75 Å². The second kappa shape index (κ2) is 4.57. The zero-order valence-corrected chi connectivity index (χ0v) is 10.9. The van der Waals surface area contributed by atoms with Crippen molar-refractivity contribution in [3.8, 4) is 5.75 Å². The van der Waals surface area contributed by atoms with Crippen LogP contribution in [0.2, 0.25) is 0 Å². The summed E-state index contributed by atoms with van der Waals surface area (Å²) in [6.45, 7) is 5.53. The van der Waals surface area contributed by atoms with E-state index in [4.69, 9.17) is 10.5 Å². The summed E-state index contributed by atoms with van der Waals surface area (Å²) in [6.07, 6.45) is 2.09. The van der Waals surface area contributed by atoms with Crippen molar-refractivity contribution in [1.29, 1.82) is 0 Å². The van der Waals surface area contributed by atoms with Gasteiger partial charge in [0, 0.05) is 29.9 Å². The van der Waals surface area contributed by atoms with Gasteiger partial charge in [0.15, 0.2) is 0 Å². The van der Waals surface area contributed by atoms with E-state index in [0.29, 0.717) is 6.04 Å². The van der Waals surface area contributed by atoms with Gasteiger partial charge in [0.1, 0.15) is 5.75 Å². The molecule has 1 unspecified atom stereocenters. The lowest BCUT2D eigenvalue weighted by Crippen LogP contribution is -2.53. The van der Waals surface area contributed by atoms with Gasteiger partial charge in [-0.05, 0) is 38.8 Å². The number of nitrogens with zero attached hydrogens (tertiary/aromatic N) is 1. The van der Waals surface area contributed by atoms with Crippen molar-refractivity contribution in [1.82, 2.24) is 0 Å². The summed E-state index contributed by atoms with van der Waals surface area (Å²) in [4.78, 5) is 2.43. The van der Waals surface area contributed by atoms with Gasteiger partial charge < -0.3 is 15.4 Å². The van der Waals surface area contributed by atoms with Crippen LogP contribution in [0.3, 0.4) is 0 Å². The van der Waals surface area contributed by atoms with E-state index in [2.05, 4.69) is 30.9 Å². The second-order valence-electron chi connectivity index (χ2n) is 5.42. The fourth-order valence-corrected chi connectivity index (χ4v) is 2.71. The Morgan fingerprint density at radius 3 is 2.82 bits per heavy atom. The van der Waals surface area contributed by atoms with E-state index in [1.54, 1.807) is 7.11 Å². The summed E-state index contributed by atoms with van der Waals surface area (Å²) in [5.41, 5.74) is 7.39. The molecule has 1 aliphatic heterocycles. The van der Waals surface area contributed by atoms with Gasteiger partial charge in [-0.15, -0.1) is 0 Å². The molecule has 0 spiro atoms. The van der Waals surface area contributed by atoms with Crippen LogP contribution in [0.1, 0.15) is 26.7 Å². The van der Waals surface area contributed by atoms with Gasteiger partial charge in [0.05, 0.1) is 7.11 Å². The van der Waals surface area contributed by atoms with Crippen molar-refractivity contribution in [3.63, 3.8) is 0 Å². The van der Waals surface area contributed by atoms with Crippen molar-refractivity contribution in [2.75, 3.05) is 18.6 Å². The van der Waals surface area contributed by atoms with Gasteiger partial charge >= 0.3 is 0 Å². The first-order valence-electron chi connectivity index (χ1n) is 6.20. The first kappa shape index (κ1) is 12.2. The predicted molar refractivity (Wildman–Crippen MR) is 71.6 cm³/mol. The largest absolute Gasteiger partial charge is 0.497 e. The lowest BCUT2D eigenvalue weighted by molar-refractivity contribution is 0.327. The van der Waals surface area contributed by atoms with Crippen LogP contribution in [0.4, 0.5) is 5.69 Å². The van der Waals surface area contributed by atoms with Crippen LogP contribution in [-0.2, 0) is 0 Å². The molecule has 0 amide bonds. The Bertz CT molecular complexity index is 390. The molecule has 1 aliphatic rings. The van der Waals surface area contributed by atoms with E-state index in [0.717, 1.165) is 25.1 Å². The van der Waals surface area contributed by atoms with Gasteiger partial charge in [0.25, 0.3) is 0 Å². The molecule has 0 aromatic heterocycles. The van der Waals surface area contributed by atoms with Crippen LogP contribution < -0.4 is 15.4 Å². The lowest BCUT2D eigenvalue weighted by atomic mass is 9.87. The number of hydrogen-bond acceptors (Lipinski definition) is 3. The molecule has 2 N–H and O–H groups in total. The fourth-order valence-electron chi connectivity index (χ4n) is 2.71. The van der Waals surface area contributed by atoms with E-state index >= 15 is 0 Å². The molecular weight excluding hydrogens is 212 g/mol. The number of ether oxygens (including phenoxy) is 1. The Kier molecular flexibility index (Phi) is 3.29. The van der Waals surface area contributed by atoms with Crippen LogP contribution in [0.25, 0.3) is 0 Å². The standard InChI is InChI=1S/C14H22N2O/c1-14(2)10-11(15)7-8-16(14)12-5-4-6-13(9-12)17-3/h4-6,9,11H,7-8,10,15H2,1-3H3. The number of piperidine rings is 1. The van der Waals surface area contributed by atoms with E-state index < -0.39 is 0 Å². The topological polar surface area (TPSA) is 38.5 Å². The van der Waals surface area contributed by atoms with E-state index in [9.17, 15) is 0 Å². The number of benzene rings is 1. The Morgan fingerprint density at radius 1 is 1.41 bits per heavy atom. The maximum Gasteiger partial charge on any atom is 0.120 e. The van der Waals surface area contributed by atoms with Crippen molar-refractivity contribution in [2.24, 2.45) is 5.73 Å². The third-order valence-electron chi connectivity index (χ3n) is 3.58. The third-order valence-corrected chi connectivity index (χ3v) is 3.58. The van der Waals surface area contributed by atoms with Gasteiger partial charge in [0.2, 0.25) is 0 Å². The average molecular weight is 234 g/mol. The minimum absolute atomic E-state index is 0.115. The van der Waals surface area contributed by atoms with E-state index in [1.807, 2.05) is 12.1 Å². The molecule has 2 rings (SSSR count). The molecule has 1 aromatic carbocycles. The minimum Gasteiger partial charge on any atom is -0.497 e. The monoisotopic (exact) mass is 234 g/mol. The highest BCUT2D eigenvalue weighted by molar-refractivity contribution is 5.53. The van der Waals surface area contributed by atoms with Crippen LogP contribution in [-0.4, -0.2) is 25.2 Å². The number of nitrogens with two attached hydrogens (primary N) is 1. The number of rotatable bonds is 2. The number of hydrogen-bond donors (Lipinski definition) is 1. The SMILES string of the molecule is COc1cccc(N2CCC(N)CC2(C)C)c1. The Balaban J connectivity index is 2.26. The summed E-state index contributed by atoms with van der Waals surface area (Å²) in [7, 11) is 1.70. The molecule has 1 saturated heterocycles. The zero-order valence-electron chi connectivity index (χ0n) is 10.9. The highest BCUT2D eigenvalue weighted by Gasteiger charge is 2.33. The average Bonchev–Trinajstić information content (AvgIpc) is 2.27. The molecule has 1 heterocycles. The van der Waals surface area contributed by atoms with Gasteiger partial charge in [-0.3, -0.25) is 0 Å². The molecule has 17 heavy (non-hydrogen) atoms. The Hall–Kier alpha value is -1.22. The molecule has 0 aliphatic carbocycles. The molecule has 1 aromatic rings. The highest BCUT2D eigenvalue weighted by atomic mass is 16.5. The Morgan fingerprint density at radius 2 is 2.18 bits per heavy atom. The Labute approximate surface area is 104 Å². The first-order valence-corrected chi connectivity index (χ1v) is 6.20. The summed E-state index contributed by atoms with van der Waals surface area (Å²) >= 11 is 0. The van der Waals surface area contributed by atoms with E-state index in [1.165, 1.54) is 5.69 Å². The molecular formula is C14H22N2O. The fraction of sp³-hybridized carbons (Fsp3) is 0.571. The predicted octanol–water partition coefficient (Wildman–Crippen LogP) is 2.40. The minimum atomic E-state index is 0.115. The number of methoxy groups -OCH3 is 1. The second-order valence-corrected chi connectivity index (χ2v) is 5.42. The third kappa shape index (κ3) is 2.55. The molecule has 0 saturated carbocycles. The van der Waals surface area contributed by atoms with Crippen LogP contribution >= 0.6 is 0 Å². The normalized spacial score (nSPS) is 23.5. The van der Waals surface area contributed by atoms with E-state index in [-0.39, 0.29) is 5.54 Å². The van der Waals surface area contributed by atoms with Crippen molar-refractivity contribution >= 4 is 5.69 Å². The summed E-state index contributed by atoms with van der Waals surface area (Å²) in [5, 5.41) is 0. The molecule has 0 radical (unpaired) electrons. The molecule has 3 heteroatoms. The van der Waals surface area contributed by atoms with Crippen molar-refractivity contribution in [2.45, 2.75) is 38.3 Å². The smallest absolute Gasteiger partial charge is 0.120 e.